The van der Waals surface area contributed by atoms with Gasteiger partial charge in [0.05, 0.1) is 23.5 Å². The molecular formula is C14H17N3O2S. The maximum Gasteiger partial charge on any atom is 0.235 e. The molecule has 20 heavy (non-hydrogen) atoms. The second kappa shape index (κ2) is 5.28. The third-order valence-corrected chi connectivity index (χ3v) is 5.56. The van der Waals surface area contributed by atoms with Crippen LogP contribution in [0, 0.1) is 0 Å². The fraction of sp³-hybridized carbons (Fsp3) is 0.357. The van der Waals surface area contributed by atoms with Gasteiger partial charge < -0.3 is 4.98 Å². The number of imidazole rings is 1. The number of hydrogen-bond donors (Lipinski definition) is 2. The van der Waals surface area contributed by atoms with Crippen LogP contribution < -0.4 is 4.72 Å². The molecule has 0 spiro atoms. The molecular weight excluding hydrogens is 274 g/mol. The lowest BCUT2D eigenvalue weighted by Gasteiger charge is -2.13. The number of nitrogens with zero attached hydrogens (tertiary/aromatic N) is 1. The van der Waals surface area contributed by atoms with Crippen LogP contribution in [0.4, 0.5) is 5.69 Å². The third kappa shape index (κ3) is 2.70. The molecule has 3 rings (SSSR count). The van der Waals surface area contributed by atoms with Gasteiger partial charge in [-0.05, 0) is 30.5 Å². The zero-order valence-electron chi connectivity index (χ0n) is 11.0. The molecule has 0 saturated heterocycles. The molecule has 0 bridgehead atoms. The Labute approximate surface area is 118 Å². The first-order valence-corrected chi connectivity index (χ1v) is 8.30. The Morgan fingerprint density at radius 2 is 1.85 bits per heavy atom. The smallest absolute Gasteiger partial charge is 0.235 e. The van der Waals surface area contributed by atoms with Crippen molar-refractivity contribution in [2.45, 2.75) is 30.9 Å². The van der Waals surface area contributed by atoms with Crippen LogP contribution in [0.5, 0.6) is 0 Å². The topological polar surface area (TPSA) is 74.8 Å². The lowest BCUT2D eigenvalue weighted by Crippen LogP contribution is -2.25. The summed E-state index contributed by atoms with van der Waals surface area (Å²) in [4.78, 5) is 6.98. The summed E-state index contributed by atoms with van der Waals surface area (Å²) in [5.41, 5.74) is 2.50. The molecule has 1 aliphatic carbocycles. The summed E-state index contributed by atoms with van der Waals surface area (Å²) in [6.45, 7) is 0. The van der Waals surface area contributed by atoms with Crippen molar-refractivity contribution in [1.82, 2.24) is 9.97 Å². The van der Waals surface area contributed by atoms with Crippen LogP contribution in [-0.2, 0) is 10.0 Å². The molecule has 2 aromatic rings. The second-order valence-corrected chi connectivity index (χ2v) is 7.06. The number of rotatable bonds is 4. The average Bonchev–Trinajstić information content (AvgIpc) is 3.13. The van der Waals surface area contributed by atoms with E-state index in [1.165, 1.54) is 0 Å². The van der Waals surface area contributed by atoms with Gasteiger partial charge >= 0.3 is 0 Å². The molecule has 1 aromatic carbocycles. The maximum atomic E-state index is 12.2. The molecule has 0 amide bonds. The fourth-order valence-electron chi connectivity index (χ4n) is 2.58. The molecule has 106 valence electrons. The summed E-state index contributed by atoms with van der Waals surface area (Å²) >= 11 is 0. The molecule has 1 aromatic heterocycles. The molecule has 2 N–H and O–H groups in total. The summed E-state index contributed by atoms with van der Waals surface area (Å²) in [7, 11) is -3.25. The van der Waals surface area contributed by atoms with Crippen molar-refractivity contribution in [2.24, 2.45) is 0 Å². The Bertz CT molecular complexity index is 657. The van der Waals surface area contributed by atoms with E-state index < -0.39 is 10.0 Å². The zero-order valence-corrected chi connectivity index (χ0v) is 11.9. The molecule has 1 fully saturated rings. The van der Waals surface area contributed by atoms with Crippen LogP contribution in [0.1, 0.15) is 25.7 Å². The van der Waals surface area contributed by atoms with Crippen molar-refractivity contribution in [3.05, 3.63) is 36.8 Å². The highest BCUT2D eigenvalue weighted by Crippen LogP contribution is 2.27. The Morgan fingerprint density at radius 1 is 1.15 bits per heavy atom. The largest absolute Gasteiger partial charge is 0.345 e. The first kappa shape index (κ1) is 13.2. The number of sulfonamides is 1. The molecule has 6 heteroatoms. The lowest BCUT2D eigenvalue weighted by atomic mass is 10.1. The minimum Gasteiger partial charge on any atom is -0.345 e. The van der Waals surface area contributed by atoms with E-state index in [1.54, 1.807) is 24.7 Å². The van der Waals surface area contributed by atoms with Gasteiger partial charge in [-0.15, -0.1) is 0 Å². The summed E-state index contributed by atoms with van der Waals surface area (Å²) in [5, 5.41) is -0.241. The maximum absolute atomic E-state index is 12.2. The molecule has 1 aliphatic rings. The zero-order chi connectivity index (χ0) is 14.0. The number of hydrogen-bond acceptors (Lipinski definition) is 3. The standard InChI is InChI=1S/C14H17N3O2S/c18-20(19,13-3-1-2-4-13)17-12-7-5-11(6-8-12)14-9-15-10-16-14/h5-10,13,17H,1-4H2,(H,15,16). The van der Waals surface area contributed by atoms with Crippen LogP contribution in [0.3, 0.4) is 0 Å². The third-order valence-electron chi connectivity index (χ3n) is 3.70. The minimum atomic E-state index is -3.25. The number of anilines is 1. The predicted molar refractivity (Wildman–Crippen MR) is 78.8 cm³/mol. The molecule has 5 nitrogen and oxygen atoms in total. The molecule has 0 unspecified atom stereocenters. The SMILES string of the molecule is O=S(=O)(Nc1ccc(-c2cnc[nH]2)cc1)C1CCCC1. The predicted octanol–water partition coefficient (Wildman–Crippen LogP) is 2.76. The highest BCUT2D eigenvalue weighted by atomic mass is 32.2. The fourth-order valence-corrected chi connectivity index (χ4v) is 4.16. The van der Waals surface area contributed by atoms with Crippen molar-refractivity contribution in [3.63, 3.8) is 0 Å². The van der Waals surface area contributed by atoms with E-state index in [0.717, 1.165) is 36.9 Å². The van der Waals surface area contributed by atoms with Crippen LogP contribution in [0.15, 0.2) is 36.8 Å². The monoisotopic (exact) mass is 291 g/mol. The van der Waals surface area contributed by atoms with Gasteiger partial charge in [-0.2, -0.15) is 0 Å². The van der Waals surface area contributed by atoms with Crippen molar-refractivity contribution >= 4 is 15.7 Å². The van der Waals surface area contributed by atoms with Gasteiger partial charge in [-0.1, -0.05) is 25.0 Å². The van der Waals surface area contributed by atoms with Crippen LogP contribution in [0.2, 0.25) is 0 Å². The Balaban J connectivity index is 1.75. The van der Waals surface area contributed by atoms with Gasteiger partial charge in [0.15, 0.2) is 0 Å². The van der Waals surface area contributed by atoms with Crippen molar-refractivity contribution in [3.8, 4) is 11.3 Å². The van der Waals surface area contributed by atoms with E-state index in [9.17, 15) is 8.42 Å². The van der Waals surface area contributed by atoms with E-state index in [4.69, 9.17) is 0 Å². The van der Waals surface area contributed by atoms with Crippen LogP contribution in [0.25, 0.3) is 11.3 Å². The van der Waals surface area contributed by atoms with Gasteiger partial charge in [0.2, 0.25) is 10.0 Å². The van der Waals surface area contributed by atoms with E-state index in [-0.39, 0.29) is 5.25 Å². The first-order chi connectivity index (χ1) is 9.65. The van der Waals surface area contributed by atoms with E-state index in [2.05, 4.69) is 14.7 Å². The molecule has 0 aliphatic heterocycles. The van der Waals surface area contributed by atoms with E-state index in [0.29, 0.717) is 5.69 Å². The molecule has 0 atom stereocenters. The highest BCUT2D eigenvalue weighted by molar-refractivity contribution is 7.93. The minimum absolute atomic E-state index is 0.241. The van der Waals surface area contributed by atoms with Gasteiger partial charge in [-0.3, -0.25) is 4.72 Å². The van der Waals surface area contributed by atoms with Crippen LogP contribution >= 0.6 is 0 Å². The van der Waals surface area contributed by atoms with E-state index >= 15 is 0 Å². The van der Waals surface area contributed by atoms with Crippen molar-refractivity contribution in [2.75, 3.05) is 4.72 Å². The van der Waals surface area contributed by atoms with Gasteiger partial charge in [0, 0.05) is 5.69 Å². The highest BCUT2D eigenvalue weighted by Gasteiger charge is 2.28. The summed E-state index contributed by atoms with van der Waals surface area (Å²) in [6, 6.07) is 7.31. The quantitative estimate of drug-likeness (QED) is 0.909. The van der Waals surface area contributed by atoms with Gasteiger partial charge in [0.25, 0.3) is 0 Å². The number of H-pyrrole nitrogens is 1. The van der Waals surface area contributed by atoms with Gasteiger partial charge in [0.1, 0.15) is 0 Å². The molecule has 1 heterocycles. The summed E-state index contributed by atoms with van der Waals surface area (Å²) < 4.78 is 27.1. The Hall–Kier alpha value is -1.82. The summed E-state index contributed by atoms with van der Waals surface area (Å²) in [5.74, 6) is 0. The first-order valence-electron chi connectivity index (χ1n) is 6.75. The second-order valence-electron chi connectivity index (χ2n) is 5.10. The lowest BCUT2D eigenvalue weighted by molar-refractivity contribution is 0.585. The number of aromatic amines is 1. The summed E-state index contributed by atoms with van der Waals surface area (Å²) in [6.07, 6.45) is 6.89. The number of benzene rings is 1. The van der Waals surface area contributed by atoms with Crippen molar-refractivity contribution < 1.29 is 8.42 Å². The normalized spacial score (nSPS) is 16.4. The Kier molecular flexibility index (Phi) is 3.48. The van der Waals surface area contributed by atoms with Crippen LogP contribution in [-0.4, -0.2) is 23.6 Å². The van der Waals surface area contributed by atoms with Gasteiger partial charge in [-0.25, -0.2) is 13.4 Å². The number of nitrogens with one attached hydrogen (secondary N) is 2. The average molecular weight is 291 g/mol. The van der Waals surface area contributed by atoms with E-state index in [1.807, 2.05) is 12.1 Å². The van der Waals surface area contributed by atoms with Crippen molar-refractivity contribution in [1.29, 1.82) is 0 Å². The molecule has 0 radical (unpaired) electrons. The number of aromatic nitrogens is 2. The molecule has 1 saturated carbocycles. The Morgan fingerprint density at radius 3 is 2.45 bits per heavy atom.